The van der Waals surface area contributed by atoms with Crippen LogP contribution < -0.4 is 5.32 Å². The highest BCUT2D eigenvalue weighted by Crippen LogP contribution is 2.31. The number of fused-ring (bicyclic) bond motifs is 1. The number of rotatable bonds is 4. The van der Waals surface area contributed by atoms with Crippen molar-refractivity contribution in [3.63, 3.8) is 0 Å². The topological polar surface area (TPSA) is 29.9 Å². The second kappa shape index (κ2) is 5.53. The Hall–Kier alpha value is -1.04. The summed E-state index contributed by atoms with van der Waals surface area (Å²) in [5.41, 5.74) is 1.32. The van der Waals surface area contributed by atoms with Gasteiger partial charge in [0.05, 0.1) is 5.69 Å². The van der Waals surface area contributed by atoms with Gasteiger partial charge in [0, 0.05) is 31.7 Å². The molecule has 3 nitrogen and oxygen atoms in total. The molecular weight excluding hydrogens is 255 g/mol. The molecule has 0 aromatic carbocycles. The molecule has 1 aromatic heterocycles. The van der Waals surface area contributed by atoms with Crippen molar-refractivity contribution in [2.45, 2.75) is 52.4 Å². The van der Waals surface area contributed by atoms with Crippen LogP contribution in [0.15, 0.2) is 0 Å². The molecule has 0 aliphatic carbocycles. The molecule has 19 heavy (non-hydrogen) atoms. The first-order valence-corrected chi connectivity index (χ1v) is 6.75. The fraction of sp³-hybridized carbons (Fsp3) is 0.769. The quantitative estimate of drug-likeness (QED) is 0.915. The second-order valence-corrected chi connectivity index (χ2v) is 5.44. The number of nitrogens with one attached hydrogen (secondary N) is 1. The summed E-state index contributed by atoms with van der Waals surface area (Å²) in [7, 11) is 0. The van der Waals surface area contributed by atoms with Crippen LogP contribution in [0.1, 0.15) is 43.9 Å². The van der Waals surface area contributed by atoms with Gasteiger partial charge >= 0.3 is 6.18 Å². The van der Waals surface area contributed by atoms with Crippen LogP contribution in [0, 0.1) is 5.92 Å². The molecule has 0 radical (unpaired) electrons. The SMILES string of the molecule is CC(C)CCCn1c(C(F)(F)F)nc2c1CCNC2. The molecule has 0 saturated carbocycles. The van der Waals surface area contributed by atoms with E-state index in [1.807, 2.05) is 0 Å². The van der Waals surface area contributed by atoms with E-state index < -0.39 is 12.0 Å². The Bertz CT molecular complexity index is 435. The first-order valence-electron chi connectivity index (χ1n) is 6.75. The van der Waals surface area contributed by atoms with Crippen LogP contribution in [0.2, 0.25) is 0 Å². The zero-order valence-corrected chi connectivity index (χ0v) is 11.3. The monoisotopic (exact) mass is 275 g/mol. The molecule has 0 amide bonds. The van der Waals surface area contributed by atoms with Crippen LogP contribution in [0.25, 0.3) is 0 Å². The van der Waals surface area contributed by atoms with Crippen molar-refractivity contribution in [3.05, 3.63) is 17.2 Å². The zero-order chi connectivity index (χ0) is 14.0. The second-order valence-electron chi connectivity index (χ2n) is 5.44. The van der Waals surface area contributed by atoms with E-state index in [0.717, 1.165) is 25.1 Å². The van der Waals surface area contributed by atoms with Gasteiger partial charge in [-0.25, -0.2) is 4.98 Å². The first-order chi connectivity index (χ1) is 8.89. The summed E-state index contributed by atoms with van der Waals surface area (Å²) >= 11 is 0. The van der Waals surface area contributed by atoms with Gasteiger partial charge in [0.15, 0.2) is 0 Å². The number of aromatic nitrogens is 2. The molecule has 6 heteroatoms. The van der Waals surface area contributed by atoms with E-state index in [1.54, 1.807) is 0 Å². The van der Waals surface area contributed by atoms with Gasteiger partial charge in [0.1, 0.15) is 0 Å². The van der Waals surface area contributed by atoms with Crippen LogP contribution in [0.5, 0.6) is 0 Å². The lowest BCUT2D eigenvalue weighted by Crippen LogP contribution is -2.25. The fourth-order valence-corrected chi connectivity index (χ4v) is 2.49. The molecule has 1 aliphatic rings. The van der Waals surface area contributed by atoms with Gasteiger partial charge in [-0.1, -0.05) is 13.8 Å². The van der Waals surface area contributed by atoms with Crippen LogP contribution in [-0.2, 0) is 25.7 Å². The number of alkyl halides is 3. The summed E-state index contributed by atoms with van der Waals surface area (Å²) in [5, 5.41) is 3.06. The number of imidazole rings is 1. The molecule has 2 rings (SSSR count). The third-order valence-corrected chi connectivity index (χ3v) is 3.40. The molecule has 1 aromatic rings. The van der Waals surface area contributed by atoms with E-state index in [-0.39, 0.29) is 0 Å². The Balaban J connectivity index is 2.25. The Morgan fingerprint density at radius 2 is 2.11 bits per heavy atom. The lowest BCUT2D eigenvalue weighted by molar-refractivity contribution is -0.147. The maximum atomic E-state index is 13.0. The van der Waals surface area contributed by atoms with Crippen LogP contribution in [0.3, 0.4) is 0 Å². The number of hydrogen-bond acceptors (Lipinski definition) is 2. The Labute approximate surface area is 111 Å². The van der Waals surface area contributed by atoms with Gasteiger partial charge in [-0.2, -0.15) is 13.2 Å². The molecule has 0 fully saturated rings. The fourth-order valence-electron chi connectivity index (χ4n) is 2.49. The molecule has 1 N–H and O–H groups in total. The van der Waals surface area contributed by atoms with E-state index in [4.69, 9.17) is 0 Å². The van der Waals surface area contributed by atoms with Gasteiger partial charge in [0.25, 0.3) is 0 Å². The predicted molar refractivity (Wildman–Crippen MR) is 66.7 cm³/mol. The maximum Gasteiger partial charge on any atom is 0.449 e. The summed E-state index contributed by atoms with van der Waals surface area (Å²) in [5.74, 6) is -0.222. The van der Waals surface area contributed by atoms with Gasteiger partial charge in [-0.05, 0) is 18.8 Å². The van der Waals surface area contributed by atoms with Gasteiger partial charge in [-0.15, -0.1) is 0 Å². The van der Waals surface area contributed by atoms with E-state index in [9.17, 15) is 13.2 Å². The summed E-state index contributed by atoms with van der Waals surface area (Å²) in [6.07, 6.45) is -2.05. The largest absolute Gasteiger partial charge is 0.449 e. The standard InChI is InChI=1S/C13H20F3N3/c1-9(2)4-3-7-19-11-5-6-17-8-10(11)18-12(19)13(14,15)16/h9,17H,3-8H2,1-2H3. The summed E-state index contributed by atoms with van der Waals surface area (Å²) < 4.78 is 40.4. The average molecular weight is 275 g/mol. The zero-order valence-electron chi connectivity index (χ0n) is 11.3. The van der Waals surface area contributed by atoms with Crippen molar-refractivity contribution in [3.8, 4) is 0 Å². The third kappa shape index (κ3) is 3.29. The highest BCUT2D eigenvalue weighted by molar-refractivity contribution is 5.21. The van der Waals surface area contributed by atoms with Crippen molar-refractivity contribution in [1.29, 1.82) is 0 Å². The van der Waals surface area contributed by atoms with Crippen molar-refractivity contribution in [2.24, 2.45) is 5.92 Å². The minimum absolute atomic E-state index is 0.412. The minimum atomic E-state index is -4.37. The molecule has 0 unspecified atom stereocenters. The Morgan fingerprint density at radius 1 is 1.37 bits per heavy atom. The lowest BCUT2D eigenvalue weighted by Gasteiger charge is -2.17. The molecule has 0 atom stereocenters. The molecule has 0 spiro atoms. The third-order valence-electron chi connectivity index (χ3n) is 3.40. The molecule has 1 aliphatic heterocycles. The van der Waals surface area contributed by atoms with Crippen molar-refractivity contribution >= 4 is 0 Å². The number of halogens is 3. The molecular formula is C13H20F3N3. The first kappa shape index (κ1) is 14.4. The highest BCUT2D eigenvalue weighted by atomic mass is 19.4. The summed E-state index contributed by atoms with van der Waals surface area (Å²) in [4.78, 5) is 3.80. The normalized spacial score (nSPS) is 15.9. The smallest absolute Gasteiger partial charge is 0.324 e. The van der Waals surface area contributed by atoms with Crippen LogP contribution in [0.4, 0.5) is 13.2 Å². The van der Waals surface area contributed by atoms with Gasteiger partial charge < -0.3 is 9.88 Å². The average Bonchev–Trinajstić information content (AvgIpc) is 2.68. The van der Waals surface area contributed by atoms with Crippen molar-refractivity contribution < 1.29 is 13.2 Å². The number of nitrogens with zero attached hydrogens (tertiary/aromatic N) is 2. The molecule has 0 bridgehead atoms. The molecule has 0 saturated heterocycles. The van der Waals surface area contributed by atoms with Crippen LogP contribution >= 0.6 is 0 Å². The van der Waals surface area contributed by atoms with Gasteiger partial charge in [0.2, 0.25) is 5.82 Å². The molecule has 2 heterocycles. The van der Waals surface area contributed by atoms with Crippen molar-refractivity contribution in [1.82, 2.24) is 14.9 Å². The number of hydrogen-bond donors (Lipinski definition) is 1. The van der Waals surface area contributed by atoms with E-state index in [1.165, 1.54) is 4.57 Å². The van der Waals surface area contributed by atoms with Crippen molar-refractivity contribution in [2.75, 3.05) is 6.54 Å². The lowest BCUT2D eigenvalue weighted by atomic mass is 10.1. The molecule has 108 valence electrons. The highest BCUT2D eigenvalue weighted by Gasteiger charge is 2.38. The van der Waals surface area contributed by atoms with E-state index in [2.05, 4.69) is 24.1 Å². The summed E-state index contributed by atoms with van der Waals surface area (Å²) in [6.45, 7) is 5.74. The summed E-state index contributed by atoms with van der Waals surface area (Å²) in [6, 6.07) is 0. The predicted octanol–water partition coefficient (Wildman–Crippen LogP) is 2.98. The van der Waals surface area contributed by atoms with E-state index >= 15 is 0 Å². The maximum absolute atomic E-state index is 13.0. The van der Waals surface area contributed by atoms with Gasteiger partial charge in [-0.3, -0.25) is 0 Å². The van der Waals surface area contributed by atoms with E-state index in [0.29, 0.717) is 31.1 Å². The Morgan fingerprint density at radius 3 is 2.74 bits per heavy atom. The Kier molecular flexibility index (Phi) is 4.18. The minimum Gasteiger partial charge on any atom is -0.324 e. The van der Waals surface area contributed by atoms with Crippen LogP contribution in [-0.4, -0.2) is 16.1 Å².